The van der Waals surface area contributed by atoms with Gasteiger partial charge in [0.05, 0.1) is 6.61 Å². The van der Waals surface area contributed by atoms with E-state index in [1.165, 1.54) is 5.56 Å². The molecule has 0 aliphatic carbocycles. The van der Waals surface area contributed by atoms with E-state index in [0.29, 0.717) is 0 Å². The number of nitrogens with one attached hydrogen (secondary N) is 1. The third-order valence-corrected chi connectivity index (χ3v) is 2.11. The number of hydrogen-bond acceptors (Lipinski definition) is 2. The first kappa shape index (κ1) is 13.1. The lowest BCUT2D eigenvalue weighted by atomic mass is 10.1. The van der Waals surface area contributed by atoms with Crippen molar-refractivity contribution < 1.29 is 13.5 Å². The first-order valence-corrected chi connectivity index (χ1v) is 5.36. The zero-order valence-electron chi connectivity index (χ0n) is 9.38. The molecule has 0 radical (unpaired) electrons. The third-order valence-electron chi connectivity index (χ3n) is 2.11. The number of halogens is 2. The molecule has 0 aliphatic heterocycles. The zero-order chi connectivity index (χ0) is 11.8. The molecule has 0 aromatic heterocycles. The standard InChI is InChI=1S/C12H17F2NO/c1-2-15-7-10-3-5-11(6-4-10)8-16-9-12(13)14/h3-6,12,15H,2,7-9H2,1H3. The van der Waals surface area contributed by atoms with Crippen LogP contribution in [-0.2, 0) is 17.9 Å². The molecule has 0 saturated heterocycles. The van der Waals surface area contributed by atoms with E-state index in [2.05, 4.69) is 5.32 Å². The lowest BCUT2D eigenvalue weighted by Crippen LogP contribution is -2.11. The number of benzene rings is 1. The van der Waals surface area contributed by atoms with Crippen LogP contribution in [0.25, 0.3) is 0 Å². The summed E-state index contributed by atoms with van der Waals surface area (Å²) in [5.41, 5.74) is 2.10. The molecule has 0 bridgehead atoms. The average molecular weight is 229 g/mol. The van der Waals surface area contributed by atoms with E-state index < -0.39 is 13.0 Å². The molecule has 16 heavy (non-hydrogen) atoms. The van der Waals surface area contributed by atoms with Gasteiger partial charge in [0.1, 0.15) is 6.61 Å². The van der Waals surface area contributed by atoms with Crippen LogP contribution < -0.4 is 5.32 Å². The monoisotopic (exact) mass is 229 g/mol. The molecule has 0 spiro atoms. The van der Waals surface area contributed by atoms with Crippen LogP contribution in [-0.4, -0.2) is 19.6 Å². The van der Waals surface area contributed by atoms with Gasteiger partial charge in [0.25, 0.3) is 6.43 Å². The normalized spacial score (nSPS) is 11.0. The molecule has 4 heteroatoms. The van der Waals surface area contributed by atoms with Gasteiger partial charge in [-0.25, -0.2) is 8.78 Å². The summed E-state index contributed by atoms with van der Waals surface area (Å²) in [6.07, 6.45) is -2.40. The summed E-state index contributed by atoms with van der Waals surface area (Å²) in [5.74, 6) is 0. The number of rotatable bonds is 7. The lowest BCUT2D eigenvalue weighted by Gasteiger charge is -2.05. The van der Waals surface area contributed by atoms with Crippen molar-refractivity contribution in [1.82, 2.24) is 5.32 Å². The van der Waals surface area contributed by atoms with Crippen molar-refractivity contribution in [2.24, 2.45) is 0 Å². The average Bonchev–Trinajstić information content (AvgIpc) is 2.27. The molecule has 0 amide bonds. The molecule has 1 N–H and O–H groups in total. The minimum Gasteiger partial charge on any atom is -0.371 e. The maximum absolute atomic E-state index is 11.8. The van der Waals surface area contributed by atoms with Gasteiger partial charge < -0.3 is 10.1 Å². The fraction of sp³-hybridized carbons (Fsp3) is 0.500. The molecule has 90 valence electrons. The molecule has 0 unspecified atom stereocenters. The first-order valence-electron chi connectivity index (χ1n) is 5.36. The van der Waals surface area contributed by atoms with E-state index in [0.717, 1.165) is 18.7 Å². The van der Waals surface area contributed by atoms with Crippen molar-refractivity contribution in [2.45, 2.75) is 26.5 Å². The molecule has 1 rings (SSSR count). The summed E-state index contributed by atoms with van der Waals surface area (Å²) in [4.78, 5) is 0. The van der Waals surface area contributed by atoms with Gasteiger partial charge in [-0.05, 0) is 17.7 Å². The minimum absolute atomic E-state index is 0.242. The Balaban J connectivity index is 2.33. The van der Waals surface area contributed by atoms with Crippen LogP contribution in [0, 0.1) is 0 Å². The van der Waals surface area contributed by atoms with Crippen molar-refractivity contribution in [1.29, 1.82) is 0 Å². The molecule has 1 aromatic carbocycles. The Labute approximate surface area is 94.6 Å². The van der Waals surface area contributed by atoms with Crippen LogP contribution >= 0.6 is 0 Å². The van der Waals surface area contributed by atoms with Crippen molar-refractivity contribution >= 4 is 0 Å². The van der Waals surface area contributed by atoms with Gasteiger partial charge >= 0.3 is 0 Å². The fourth-order valence-corrected chi connectivity index (χ4v) is 1.29. The second-order valence-electron chi connectivity index (χ2n) is 3.50. The summed E-state index contributed by atoms with van der Waals surface area (Å²) >= 11 is 0. The van der Waals surface area contributed by atoms with E-state index >= 15 is 0 Å². The van der Waals surface area contributed by atoms with E-state index in [-0.39, 0.29) is 6.61 Å². The highest BCUT2D eigenvalue weighted by atomic mass is 19.3. The predicted molar refractivity (Wildman–Crippen MR) is 59.5 cm³/mol. The predicted octanol–water partition coefficient (Wildman–Crippen LogP) is 2.58. The fourth-order valence-electron chi connectivity index (χ4n) is 1.29. The summed E-state index contributed by atoms with van der Waals surface area (Å²) in [6.45, 7) is 3.55. The lowest BCUT2D eigenvalue weighted by molar-refractivity contribution is 0.00987. The van der Waals surface area contributed by atoms with Crippen LogP contribution in [0.3, 0.4) is 0 Å². The second kappa shape index (κ2) is 7.30. The van der Waals surface area contributed by atoms with E-state index in [1.54, 1.807) is 0 Å². The Bertz CT molecular complexity index is 288. The van der Waals surface area contributed by atoms with Gasteiger partial charge in [0.2, 0.25) is 0 Å². The van der Waals surface area contributed by atoms with Crippen molar-refractivity contribution in [3.05, 3.63) is 35.4 Å². The van der Waals surface area contributed by atoms with Gasteiger partial charge in [0.15, 0.2) is 0 Å². The van der Waals surface area contributed by atoms with Gasteiger partial charge in [-0.1, -0.05) is 31.2 Å². The number of ether oxygens (including phenoxy) is 1. The molecule has 0 atom stereocenters. The molecule has 2 nitrogen and oxygen atoms in total. The summed E-state index contributed by atoms with van der Waals surface area (Å²) in [6, 6.07) is 7.75. The van der Waals surface area contributed by atoms with E-state index in [4.69, 9.17) is 4.74 Å². The maximum atomic E-state index is 11.8. The van der Waals surface area contributed by atoms with Gasteiger partial charge in [-0.2, -0.15) is 0 Å². The highest BCUT2D eigenvalue weighted by molar-refractivity contribution is 5.21. The highest BCUT2D eigenvalue weighted by Crippen LogP contribution is 2.06. The molecular formula is C12H17F2NO. The van der Waals surface area contributed by atoms with Gasteiger partial charge in [-0.15, -0.1) is 0 Å². The summed E-state index contributed by atoms with van der Waals surface area (Å²) < 4.78 is 28.5. The maximum Gasteiger partial charge on any atom is 0.261 e. The topological polar surface area (TPSA) is 21.3 Å². The third kappa shape index (κ3) is 5.19. The number of alkyl halides is 2. The van der Waals surface area contributed by atoms with E-state index in [1.807, 2.05) is 31.2 Å². The van der Waals surface area contributed by atoms with Crippen LogP contribution in [0.5, 0.6) is 0 Å². The Hall–Kier alpha value is -1.00. The Kier molecular flexibility index (Phi) is 5.96. The molecular weight excluding hydrogens is 212 g/mol. The van der Waals surface area contributed by atoms with Crippen LogP contribution in [0.1, 0.15) is 18.1 Å². The van der Waals surface area contributed by atoms with Crippen LogP contribution in [0.4, 0.5) is 8.78 Å². The van der Waals surface area contributed by atoms with Crippen LogP contribution in [0.2, 0.25) is 0 Å². The highest BCUT2D eigenvalue weighted by Gasteiger charge is 2.02. The van der Waals surface area contributed by atoms with Crippen molar-refractivity contribution in [3.63, 3.8) is 0 Å². The smallest absolute Gasteiger partial charge is 0.261 e. The Morgan fingerprint density at radius 1 is 1.19 bits per heavy atom. The van der Waals surface area contributed by atoms with Gasteiger partial charge in [0, 0.05) is 6.54 Å². The Morgan fingerprint density at radius 2 is 1.81 bits per heavy atom. The molecule has 0 saturated carbocycles. The Morgan fingerprint density at radius 3 is 2.38 bits per heavy atom. The molecule has 1 aromatic rings. The second-order valence-corrected chi connectivity index (χ2v) is 3.50. The van der Waals surface area contributed by atoms with Crippen LogP contribution in [0.15, 0.2) is 24.3 Å². The van der Waals surface area contributed by atoms with Crippen molar-refractivity contribution in [2.75, 3.05) is 13.2 Å². The van der Waals surface area contributed by atoms with Crippen molar-refractivity contribution in [3.8, 4) is 0 Å². The zero-order valence-corrected chi connectivity index (χ0v) is 9.38. The molecule has 0 fully saturated rings. The summed E-state index contributed by atoms with van der Waals surface area (Å²) in [7, 11) is 0. The van der Waals surface area contributed by atoms with E-state index in [9.17, 15) is 8.78 Å². The quantitative estimate of drug-likeness (QED) is 0.776. The largest absolute Gasteiger partial charge is 0.371 e. The first-order chi connectivity index (χ1) is 7.72. The summed E-state index contributed by atoms with van der Waals surface area (Å²) in [5, 5.41) is 3.21. The van der Waals surface area contributed by atoms with Gasteiger partial charge in [-0.3, -0.25) is 0 Å². The minimum atomic E-state index is -2.40. The molecule has 0 heterocycles. The SMILES string of the molecule is CCNCc1ccc(COCC(F)F)cc1. The number of hydrogen-bond donors (Lipinski definition) is 1. The molecule has 0 aliphatic rings.